The predicted molar refractivity (Wildman–Crippen MR) is 185 cm³/mol. The van der Waals surface area contributed by atoms with Gasteiger partial charge in [-0.1, -0.05) is 71.7 Å². The molecule has 0 fully saturated rings. The maximum atomic E-state index is 14.5. The first kappa shape index (κ1) is 35.2. The van der Waals surface area contributed by atoms with Crippen LogP contribution < -0.4 is 14.4 Å². The molecule has 4 aromatic rings. The van der Waals surface area contributed by atoms with Gasteiger partial charge in [0.2, 0.25) is 11.8 Å². The Kier molecular flexibility index (Phi) is 12.4. The Morgan fingerprint density at radius 3 is 2.24 bits per heavy atom. The number of nitrogens with zero attached hydrogens (tertiary/aromatic N) is 2. The zero-order valence-corrected chi connectivity index (χ0v) is 28.8. The van der Waals surface area contributed by atoms with E-state index in [2.05, 4.69) is 5.32 Å². The summed E-state index contributed by atoms with van der Waals surface area (Å²) in [6.45, 7) is 1.36. The maximum absolute atomic E-state index is 14.5. The van der Waals surface area contributed by atoms with Gasteiger partial charge in [-0.15, -0.1) is 11.8 Å². The number of hydrogen-bond acceptors (Lipinski definition) is 6. The summed E-state index contributed by atoms with van der Waals surface area (Å²) in [5, 5.41) is 3.39. The van der Waals surface area contributed by atoms with Crippen molar-refractivity contribution in [3.8, 4) is 5.75 Å². The van der Waals surface area contributed by atoms with Gasteiger partial charge in [0, 0.05) is 35.0 Å². The summed E-state index contributed by atoms with van der Waals surface area (Å²) in [5.74, 6) is -0.744. The lowest BCUT2D eigenvalue weighted by atomic mass is 10.0. The standard InChI is InChI=1S/C34H35Cl2N3O5S2/c1-4-44-32-13-9-8-12-30(32)39(46(42,43)28-18-16-27(45-3)17-19-28)23-33(40)38(22-25-14-15-26(35)21-29(25)36)31(34(41)37-2)20-24-10-6-5-7-11-24/h5-19,21,31H,4,20,22-23H2,1-3H3,(H,37,41)/t31-/m0/s1. The van der Waals surface area contributed by atoms with Crippen molar-refractivity contribution >= 4 is 62.5 Å². The summed E-state index contributed by atoms with van der Waals surface area (Å²) < 4.78 is 35.5. The predicted octanol–water partition coefficient (Wildman–Crippen LogP) is 6.70. The van der Waals surface area contributed by atoms with Crippen LogP contribution in [0.15, 0.2) is 107 Å². The number of anilines is 1. The van der Waals surface area contributed by atoms with Gasteiger partial charge in [-0.05, 0) is 72.8 Å². The van der Waals surface area contributed by atoms with E-state index in [0.717, 1.165) is 14.8 Å². The van der Waals surface area contributed by atoms with Gasteiger partial charge in [0.1, 0.15) is 18.3 Å². The zero-order chi connectivity index (χ0) is 33.3. The summed E-state index contributed by atoms with van der Waals surface area (Å²) in [7, 11) is -2.80. The van der Waals surface area contributed by atoms with Crippen molar-refractivity contribution < 1.29 is 22.7 Å². The highest BCUT2D eigenvalue weighted by atomic mass is 35.5. The van der Waals surface area contributed by atoms with Gasteiger partial charge < -0.3 is 15.0 Å². The fraction of sp³-hybridized carbons (Fsp3) is 0.235. The molecule has 1 atom stereocenters. The van der Waals surface area contributed by atoms with Crippen molar-refractivity contribution in [3.63, 3.8) is 0 Å². The van der Waals surface area contributed by atoms with Gasteiger partial charge in [0.15, 0.2) is 0 Å². The molecule has 0 aliphatic heterocycles. The number of para-hydroxylation sites is 2. The molecule has 0 aliphatic carbocycles. The van der Waals surface area contributed by atoms with Crippen molar-refractivity contribution in [1.29, 1.82) is 0 Å². The summed E-state index contributed by atoms with van der Waals surface area (Å²) >= 11 is 14.2. The fourth-order valence-electron chi connectivity index (χ4n) is 4.88. The van der Waals surface area contributed by atoms with Crippen LogP contribution >= 0.6 is 35.0 Å². The third-order valence-corrected chi connectivity index (χ3v) is 10.3. The topological polar surface area (TPSA) is 96.0 Å². The van der Waals surface area contributed by atoms with Gasteiger partial charge in [0.05, 0.1) is 17.2 Å². The van der Waals surface area contributed by atoms with Crippen LogP contribution in [-0.4, -0.2) is 57.6 Å². The van der Waals surface area contributed by atoms with Crippen molar-refractivity contribution in [2.75, 3.05) is 30.8 Å². The molecule has 46 heavy (non-hydrogen) atoms. The minimum Gasteiger partial charge on any atom is -0.492 e. The largest absolute Gasteiger partial charge is 0.492 e. The number of benzene rings is 4. The number of ether oxygens (including phenoxy) is 1. The van der Waals surface area contributed by atoms with E-state index in [0.29, 0.717) is 21.4 Å². The molecule has 0 spiro atoms. The molecule has 0 unspecified atom stereocenters. The van der Waals surface area contributed by atoms with Gasteiger partial charge in [-0.25, -0.2) is 8.42 Å². The molecule has 0 saturated heterocycles. The Morgan fingerprint density at radius 2 is 1.61 bits per heavy atom. The first-order valence-corrected chi connectivity index (χ1v) is 17.9. The van der Waals surface area contributed by atoms with Crippen LogP contribution in [0.25, 0.3) is 0 Å². The second-order valence-corrected chi connectivity index (χ2v) is 13.8. The number of carbonyl (C=O) groups is 2. The molecule has 0 heterocycles. The number of rotatable bonds is 14. The molecule has 0 aliphatic rings. The van der Waals surface area contributed by atoms with E-state index in [1.54, 1.807) is 61.5 Å². The molecular formula is C34H35Cl2N3O5S2. The summed E-state index contributed by atoms with van der Waals surface area (Å²) in [6.07, 6.45) is 2.07. The van der Waals surface area contributed by atoms with Crippen molar-refractivity contribution in [2.45, 2.75) is 35.7 Å². The number of amides is 2. The molecule has 8 nitrogen and oxygen atoms in total. The third-order valence-electron chi connectivity index (χ3n) is 7.23. The quantitative estimate of drug-likeness (QED) is 0.147. The molecule has 242 valence electrons. The zero-order valence-electron chi connectivity index (χ0n) is 25.7. The van der Waals surface area contributed by atoms with Crippen LogP contribution in [0.5, 0.6) is 5.75 Å². The minimum atomic E-state index is -4.29. The highest BCUT2D eigenvalue weighted by molar-refractivity contribution is 7.98. The molecule has 0 radical (unpaired) electrons. The van der Waals surface area contributed by atoms with Crippen LogP contribution in [0, 0.1) is 0 Å². The van der Waals surface area contributed by atoms with E-state index >= 15 is 0 Å². The van der Waals surface area contributed by atoms with Gasteiger partial charge >= 0.3 is 0 Å². The van der Waals surface area contributed by atoms with Crippen molar-refractivity contribution in [1.82, 2.24) is 10.2 Å². The summed E-state index contributed by atoms with van der Waals surface area (Å²) in [5.41, 5.74) is 1.55. The average Bonchev–Trinajstić information content (AvgIpc) is 3.06. The Labute approximate surface area is 284 Å². The fourth-order valence-corrected chi connectivity index (χ4v) is 7.18. The molecule has 0 aromatic heterocycles. The van der Waals surface area contributed by atoms with E-state index in [4.69, 9.17) is 27.9 Å². The van der Waals surface area contributed by atoms with Crippen LogP contribution in [0.2, 0.25) is 10.0 Å². The third kappa shape index (κ3) is 8.55. The highest BCUT2D eigenvalue weighted by Crippen LogP contribution is 2.34. The van der Waals surface area contributed by atoms with E-state index in [1.165, 1.54) is 35.8 Å². The van der Waals surface area contributed by atoms with E-state index in [1.807, 2.05) is 36.6 Å². The number of carbonyl (C=O) groups excluding carboxylic acids is 2. The number of halogens is 2. The van der Waals surface area contributed by atoms with Gasteiger partial charge in [0.25, 0.3) is 10.0 Å². The summed E-state index contributed by atoms with van der Waals surface area (Å²) in [4.78, 5) is 30.2. The molecule has 12 heteroatoms. The molecule has 4 aromatic carbocycles. The van der Waals surface area contributed by atoms with Crippen molar-refractivity contribution in [3.05, 3.63) is 118 Å². The number of nitrogens with one attached hydrogen (secondary N) is 1. The normalized spacial score (nSPS) is 11.8. The van der Waals surface area contributed by atoms with Crippen molar-refractivity contribution in [2.24, 2.45) is 0 Å². The number of likely N-dealkylation sites (N-methyl/N-ethyl adjacent to an activating group) is 1. The Balaban J connectivity index is 1.84. The monoisotopic (exact) mass is 699 g/mol. The first-order valence-electron chi connectivity index (χ1n) is 14.5. The minimum absolute atomic E-state index is 0.00355. The smallest absolute Gasteiger partial charge is 0.264 e. The van der Waals surface area contributed by atoms with Gasteiger partial charge in [-0.3, -0.25) is 13.9 Å². The lowest BCUT2D eigenvalue weighted by molar-refractivity contribution is -0.139. The Morgan fingerprint density at radius 1 is 0.935 bits per heavy atom. The lowest BCUT2D eigenvalue weighted by Crippen LogP contribution is -2.53. The molecular weight excluding hydrogens is 665 g/mol. The lowest BCUT2D eigenvalue weighted by Gasteiger charge is -2.34. The highest BCUT2D eigenvalue weighted by Gasteiger charge is 2.35. The molecule has 0 bridgehead atoms. The first-order chi connectivity index (χ1) is 22.1. The number of hydrogen-bond donors (Lipinski definition) is 1. The Bertz CT molecular complexity index is 1760. The van der Waals surface area contributed by atoms with Crippen LogP contribution in [0.3, 0.4) is 0 Å². The second-order valence-electron chi connectivity index (χ2n) is 10.2. The van der Waals surface area contributed by atoms with Crippen LogP contribution in [0.1, 0.15) is 18.1 Å². The molecule has 0 saturated carbocycles. The van der Waals surface area contributed by atoms with Gasteiger partial charge in [-0.2, -0.15) is 0 Å². The SMILES string of the molecule is CCOc1ccccc1N(CC(=O)N(Cc1ccc(Cl)cc1Cl)[C@@H](Cc1ccccc1)C(=O)NC)S(=O)(=O)c1ccc(SC)cc1. The summed E-state index contributed by atoms with van der Waals surface area (Å²) in [6, 6.07) is 26.2. The number of sulfonamides is 1. The average molecular weight is 701 g/mol. The van der Waals surface area contributed by atoms with E-state index in [9.17, 15) is 18.0 Å². The van der Waals surface area contributed by atoms with Crippen LogP contribution in [-0.2, 0) is 32.6 Å². The molecule has 1 N–H and O–H groups in total. The Hall–Kier alpha value is -3.70. The second kappa shape index (κ2) is 16.2. The van der Waals surface area contributed by atoms with E-state index in [-0.39, 0.29) is 30.2 Å². The maximum Gasteiger partial charge on any atom is 0.264 e. The molecule has 4 rings (SSSR count). The molecule has 2 amide bonds. The van der Waals surface area contributed by atoms with Crippen LogP contribution in [0.4, 0.5) is 5.69 Å². The van der Waals surface area contributed by atoms with E-state index < -0.39 is 34.4 Å². The number of thioether (sulfide) groups is 1.